The van der Waals surface area contributed by atoms with E-state index in [1.807, 2.05) is 19.9 Å². The first-order chi connectivity index (χ1) is 16.6. The molecule has 1 unspecified atom stereocenters. The van der Waals surface area contributed by atoms with Gasteiger partial charge in [0, 0.05) is 11.6 Å². The van der Waals surface area contributed by atoms with Crippen LogP contribution in [0.4, 0.5) is 0 Å². The quantitative estimate of drug-likeness (QED) is 0.421. The smallest absolute Gasteiger partial charge is 0.243 e. The van der Waals surface area contributed by atoms with E-state index in [1.54, 1.807) is 67.8 Å². The maximum atomic E-state index is 13.4. The molecule has 1 amide bonds. The normalized spacial score (nSPS) is 12.3. The van der Waals surface area contributed by atoms with Crippen molar-refractivity contribution in [1.82, 2.24) is 9.62 Å². The number of rotatable bonds is 10. The number of amides is 1. The fraction of sp³-hybridized carbons (Fsp3) is 0.269. The monoisotopic (exact) mass is 516 g/mol. The number of hydrogen-bond acceptors (Lipinski definition) is 5. The lowest BCUT2D eigenvalue weighted by Gasteiger charge is -2.23. The van der Waals surface area contributed by atoms with Crippen LogP contribution in [0.2, 0.25) is 5.02 Å². The number of carbonyl (C=O) groups is 1. The van der Waals surface area contributed by atoms with Gasteiger partial charge in [-0.2, -0.15) is 4.31 Å². The van der Waals surface area contributed by atoms with E-state index in [-0.39, 0.29) is 24.0 Å². The van der Waals surface area contributed by atoms with Gasteiger partial charge in [0.05, 0.1) is 31.7 Å². The SMILES string of the molecule is COc1ccc(C(C)NC(=O)CN(Cc2ccc(Cl)cc2)S(=O)(=O)c2ccc(C)cc2)cc1OC. The molecule has 3 aromatic carbocycles. The van der Waals surface area contributed by atoms with Gasteiger partial charge in [0.2, 0.25) is 15.9 Å². The Morgan fingerprint density at radius 1 is 0.971 bits per heavy atom. The molecule has 9 heteroatoms. The highest BCUT2D eigenvalue weighted by atomic mass is 35.5. The minimum Gasteiger partial charge on any atom is -0.493 e. The summed E-state index contributed by atoms with van der Waals surface area (Å²) in [7, 11) is -0.853. The Morgan fingerprint density at radius 3 is 2.20 bits per heavy atom. The van der Waals surface area contributed by atoms with Crippen LogP contribution in [0.25, 0.3) is 0 Å². The zero-order valence-corrected chi connectivity index (χ0v) is 21.7. The summed E-state index contributed by atoms with van der Waals surface area (Å²) in [5.41, 5.74) is 2.45. The number of halogens is 1. The van der Waals surface area contributed by atoms with E-state index in [9.17, 15) is 13.2 Å². The molecule has 0 aliphatic rings. The molecule has 0 aromatic heterocycles. The second kappa shape index (κ2) is 11.6. The molecule has 0 heterocycles. The predicted octanol–water partition coefficient (Wildman–Crippen LogP) is 4.73. The number of hydrogen-bond donors (Lipinski definition) is 1. The van der Waals surface area contributed by atoms with Crippen molar-refractivity contribution in [3.63, 3.8) is 0 Å². The van der Waals surface area contributed by atoms with E-state index in [0.717, 1.165) is 15.4 Å². The largest absolute Gasteiger partial charge is 0.493 e. The first-order valence-electron chi connectivity index (χ1n) is 11.0. The van der Waals surface area contributed by atoms with E-state index >= 15 is 0 Å². The fourth-order valence-electron chi connectivity index (χ4n) is 3.53. The third kappa shape index (κ3) is 6.75. The number of ether oxygens (including phenoxy) is 2. The van der Waals surface area contributed by atoms with Crippen LogP contribution in [0.5, 0.6) is 11.5 Å². The maximum Gasteiger partial charge on any atom is 0.243 e. The van der Waals surface area contributed by atoms with Crippen molar-refractivity contribution in [3.05, 3.63) is 88.4 Å². The van der Waals surface area contributed by atoms with E-state index < -0.39 is 15.9 Å². The van der Waals surface area contributed by atoms with Crippen LogP contribution in [0.3, 0.4) is 0 Å². The molecule has 35 heavy (non-hydrogen) atoms. The summed E-state index contributed by atoms with van der Waals surface area (Å²) in [4.78, 5) is 13.1. The Kier molecular flexibility index (Phi) is 8.77. The third-order valence-electron chi connectivity index (χ3n) is 5.54. The zero-order chi connectivity index (χ0) is 25.6. The maximum absolute atomic E-state index is 13.4. The van der Waals surface area contributed by atoms with Gasteiger partial charge in [-0.3, -0.25) is 4.79 Å². The van der Waals surface area contributed by atoms with Gasteiger partial charge in [-0.1, -0.05) is 47.5 Å². The summed E-state index contributed by atoms with van der Waals surface area (Å²) in [6.07, 6.45) is 0. The summed E-state index contributed by atoms with van der Waals surface area (Å²) in [6.45, 7) is 3.37. The van der Waals surface area contributed by atoms with Gasteiger partial charge in [0.1, 0.15) is 0 Å². The van der Waals surface area contributed by atoms with E-state index in [4.69, 9.17) is 21.1 Å². The molecule has 0 saturated carbocycles. The number of sulfonamides is 1. The number of methoxy groups -OCH3 is 2. The molecule has 1 N–H and O–H groups in total. The summed E-state index contributed by atoms with van der Waals surface area (Å²) >= 11 is 5.98. The molecule has 0 fully saturated rings. The van der Waals surface area contributed by atoms with Gasteiger partial charge < -0.3 is 14.8 Å². The van der Waals surface area contributed by atoms with Gasteiger partial charge in [0.25, 0.3) is 0 Å². The standard InChI is InChI=1S/C26H29ClN2O5S/c1-18-5-12-23(13-6-18)35(31,32)29(16-20-7-10-22(27)11-8-20)17-26(30)28-19(2)21-9-14-24(33-3)25(15-21)34-4/h5-15,19H,16-17H2,1-4H3,(H,28,30). The average Bonchev–Trinajstić information content (AvgIpc) is 2.84. The van der Waals surface area contributed by atoms with Crippen LogP contribution >= 0.6 is 11.6 Å². The highest BCUT2D eigenvalue weighted by Gasteiger charge is 2.27. The van der Waals surface area contributed by atoms with Crippen LogP contribution in [-0.2, 0) is 21.4 Å². The molecule has 0 aliphatic carbocycles. The molecule has 7 nitrogen and oxygen atoms in total. The van der Waals surface area contributed by atoms with E-state index in [0.29, 0.717) is 22.1 Å². The Balaban J connectivity index is 1.83. The Labute approximate surface area is 211 Å². The number of benzene rings is 3. The molecule has 3 rings (SSSR count). The van der Waals surface area contributed by atoms with Crippen LogP contribution < -0.4 is 14.8 Å². The van der Waals surface area contributed by atoms with Gasteiger partial charge in [-0.15, -0.1) is 0 Å². The first-order valence-corrected chi connectivity index (χ1v) is 12.8. The zero-order valence-electron chi connectivity index (χ0n) is 20.1. The first kappa shape index (κ1) is 26.5. The van der Waals surface area contributed by atoms with Crippen LogP contribution in [0.1, 0.15) is 29.7 Å². The molecule has 3 aromatic rings. The lowest BCUT2D eigenvalue weighted by Crippen LogP contribution is -2.41. The summed E-state index contributed by atoms with van der Waals surface area (Å²) < 4.78 is 38.7. The van der Waals surface area contributed by atoms with Gasteiger partial charge in [-0.05, 0) is 61.4 Å². The molecule has 0 radical (unpaired) electrons. The Morgan fingerprint density at radius 2 is 1.60 bits per heavy atom. The highest BCUT2D eigenvalue weighted by molar-refractivity contribution is 7.89. The molecule has 0 aliphatic heterocycles. The Hall–Kier alpha value is -3.07. The predicted molar refractivity (Wildman–Crippen MR) is 136 cm³/mol. The van der Waals surface area contributed by atoms with Crippen molar-refractivity contribution in [2.75, 3.05) is 20.8 Å². The van der Waals surface area contributed by atoms with Gasteiger partial charge in [-0.25, -0.2) is 8.42 Å². The molecule has 0 spiro atoms. The number of nitrogens with one attached hydrogen (secondary N) is 1. The van der Waals surface area contributed by atoms with Crippen molar-refractivity contribution in [1.29, 1.82) is 0 Å². The average molecular weight is 517 g/mol. The molecule has 186 valence electrons. The lowest BCUT2D eigenvalue weighted by molar-refractivity contribution is -0.122. The molecular weight excluding hydrogens is 488 g/mol. The van der Waals surface area contributed by atoms with Gasteiger partial charge in [0.15, 0.2) is 11.5 Å². The van der Waals surface area contributed by atoms with Crippen molar-refractivity contribution in [2.24, 2.45) is 0 Å². The number of nitrogens with zero attached hydrogens (tertiary/aromatic N) is 1. The third-order valence-corrected chi connectivity index (χ3v) is 7.59. The van der Waals surface area contributed by atoms with Gasteiger partial charge >= 0.3 is 0 Å². The number of carbonyl (C=O) groups excluding carboxylic acids is 1. The van der Waals surface area contributed by atoms with Crippen LogP contribution in [0, 0.1) is 6.92 Å². The topological polar surface area (TPSA) is 84.9 Å². The summed E-state index contributed by atoms with van der Waals surface area (Å²) in [5, 5.41) is 3.43. The minimum absolute atomic E-state index is 0.0194. The second-order valence-corrected chi connectivity index (χ2v) is 10.5. The molecular formula is C26H29ClN2O5S. The minimum atomic E-state index is -3.94. The molecule has 0 bridgehead atoms. The van der Waals surface area contributed by atoms with Crippen molar-refractivity contribution in [2.45, 2.75) is 31.3 Å². The van der Waals surface area contributed by atoms with Crippen molar-refractivity contribution < 1.29 is 22.7 Å². The van der Waals surface area contributed by atoms with E-state index in [1.165, 1.54) is 7.11 Å². The molecule has 1 atom stereocenters. The summed E-state index contributed by atoms with van der Waals surface area (Å²) in [6, 6.07) is 18.4. The van der Waals surface area contributed by atoms with Crippen molar-refractivity contribution >= 4 is 27.5 Å². The fourth-order valence-corrected chi connectivity index (χ4v) is 5.04. The van der Waals surface area contributed by atoms with E-state index in [2.05, 4.69) is 5.32 Å². The molecule has 0 saturated heterocycles. The van der Waals surface area contributed by atoms with Crippen LogP contribution in [-0.4, -0.2) is 39.4 Å². The summed E-state index contributed by atoms with van der Waals surface area (Å²) in [5.74, 6) is 0.683. The van der Waals surface area contributed by atoms with Crippen molar-refractivity contribution in [3.8, 4) is 11.5 Å². The van der Waals surface area contributed by atoms with Crippen LogP contribution in [0.15, 0.2) is 71.6 Å². The second-order valence-electron chi connectivity index (χ2n) is 8.12. The lowest BCUT2D eigenvalue weighted by atomic mass is 10.1. The Bertz CT molecular complexity index is 1260. The highest BCUT2D eigenvalue weighted by Crippen LogP contribution is 2.30. The number of aryl methyl sites for hydroxylation is 1.